The SMILES string of the molecule is CCO[C@@H]1C[C@H]2C(=O)NC3(CC(C)(C)C3)C(=O)N(C)[C@@H](C3CCCC3)C(=O)N(C)[C@H](C(=O)N(C)CC)CC(=O)N(C)[C@@H](CC(C)C)C(=O)N[C@@H]([C@@H](C)CC)C(=O)N(C)CC(=O)N(C)[C@H]3C/C=C\CCN(C3=O)[C@@H](CC3CCC(C(F)F)CC3)C(=O)N(C)CC(=O)N[C@@H](CCC3CC(F)C(C(F)(F)F)C(F)C3)C(=O)N2C1. The fourth-order valence-corrected chi connectivity index (χ4v) is 18.0. The Labute approximate surface area is 644 Å². The van der Waals surface area contributed by atoms with Crippen LogP contribution in [0.3, 0.4) is 0 Å². The summed E-state index contributed by atoms with van der Waals surface area (Å²) in [5.41, 5.74) is -2.34. The number of nitrogens with one attached hydrogen (secondary N) is 3. The summed E-state index contributed by atoms with van der Waals surface area (Å²) in [6.45, 7) is 12.7. The summed E-state index contributed by atoms with van der Waals surface area (Å²) in [6.07, 6.45) is -10.0. The van der Waals surface area contributed by atoms with E-state index in [1.807, 2.05) is 27.7 Å². The molecule has 4 saturated carbocycles. The number of nitrogens with zero attached hydrogens (tertiary/aromatic N) is 9. The molecule has 3 N–H and O–H groups in total. The van der Waals surface area contributed by atoms with Gasteiger partial charge in [0.2, 0.25) is 77.3 Å². The third-order valence-electron chi connectivity index (χ3n) is 24.6. The van der Waals surface area contributed by atoms with Gasteiger partial charge in [-0.05, 0) is 152 Å². The lowest BCUT2D eigenvalue weighted by molar-refractivity contribution is -0.219. The molecular formula is C78H123F7N12O13. The van der Waals surface area contributed by atoms with Gasteiger partial charge >= 0.3 is 6.18 Å². The average Bonchev–Trinajstić information content (AvgIpc) is 0.932. The first-order valence-corrected chi connectivity index (χ1v) is 39.7. The van der Waals surface area contributed by atoms with E-state index in [1.54, 1.807) is 39.8 Å². The van der Waals surface area contributed by atoms with E-state index in [9.17, 15) is 45.9 Å². The Balaban J connectivity index is 1.35. The van der Waals surface area contributed by atoms with E-state index in [1.165, 1.54) is 68.9 Å². The Morgan fingerprint density at radius 1 is 0.673 bits per heavy atom. The maximum Gasteiger partial charge on any atom is 0.397 e. The van der Waals surface area contributed by atoms with Crippen LogP contribution in [0.1, 0.15) is 190 Å². The minimum absolute atomic E-state index is 0.0246. The van der Waals surface area contributed by atoms with Crippen LogP contribution in [0.15, 0.2) is 12.2 Å². The molecular weight excluding hydrogens is 1450 g/mol. The lowest BCUT2D eigenvalue weighted by Crippen LogP contribution is -2.71. The van der Waals surface area contributed by atoms with Crippen molar-refractivity contribution in [3.63, 3.8) is 0 Å². The summed E-state index contributed by atoms with van der Waals surface area (Å²) in [5.74, 6) is -15.7. The molecule has 2 unspecified atom stereocenters. The van der Waals surface area contributed by atoms with Crippen molar-refractivity contribution in [2.24, 2.45) is 46.8 Å². The van der Waals surface area contributed by atoms with Crippen molar-refractivity contribution in [2.75, 3.05) is 88.7 Å². The van der Waals surface area contributed by atoms with Crippen LogP contribution >= 0.6 is 0 Å². The molecule has 3 aliphatic heterocycles. The zero-order valence-corrected chi connectivity index (χ0v) is 67.2. The number of hydrogen-bond donors (Lipinski definition) is 3. The second-order valence-electron chi connectivity index (χ2n) is 33.8. The number of hydrogen-bond acceptors (Lipinski definition) is 13. The monoisotopic (exact) mass is 1570 g/mol. The smallest absolute Gasteiger partial charge is 0.377 e. The predicted molar refractivity (Wildman–Crippen MR) is 395 cm³/mol. The molecule has 7 rings (SSSR count). The van der Waals surface area contributed by atoms with Crippen molar-refractivity contribution in [3.8, 4) is 0 Å². The molecule has 6 fully saturated rings. The van der Waals surface area contributed by atoms with Crippen LogP contribution in [0.5, 0.6) is 0 Å². The van der Waals surface area contributed by atoms with E-state index in [2.05, 4.69) is 16.0 Å². The van der Waals surface area contributed by atoms with Gasteiger partial charge < -0.3 is 64.8 Å². The highest BCUT2D eigenvalue weighted by atomic mass is 19.4. The van der Waals surface area contributed by atoms with Gasteiger partial charge in [-0.2, -0.15) is 13.2 Å². The molecule has 7 aliphatic rings. The normalized spacial score (nSPS) is 32.0. The van der Waals surface area contributed by atoms with Crippen LogP contribution in [0, 0.1) is 46.8 Å². The van der Waals surface area contributed by atoms with E-state index >= 15 is 42.3 Å². The zero-order chi connectivity index (χ0) is 81.9. The fraction of sp³-hybridized carbons (Fsp3) is 0.821. The molecule has 1 spiro atoms. The van der Waals surface area contributed by atoms with Crippen LogP contribution in [-0.4, -0.2) is 289 Å². The quantitative estimate of drug-likeness (QED) is 0.109. The molecule has 3 heterocycles. The number of alkyl halides is 7. The predicted octanol–water partition coefficient (Wildman–Crippen LogP) is 7.08. The molecule has 622 valence electrons. The largest absolute Gasteiger partial charge is 0.397 e. The molecule has 0 aromatic heterocycles. The number of rotatable bonds is 15. The zero-order valence-electron chi connectivity index (χ0n) is 67.2. The number of likely N-dealkylation sites (N-methyl/N-ethyl adjacent to an activating group) is 7. The maximum atomic E-state index is 15.8. The van der Waals surface area contributed by atoms with Crippen molar-refractivity contribution in [1.82, 2.24) is 60.0 Å². The molecule has 2 bridgehead atoms. The summed E-state index contributed by atoms with van der Waals surface area (Å²) < 4.78 is 107. The molecule has 25 nitrogen and oxygen atoms in total. The number of carbonyl (C=O) groups is 12. The van der Waals surface area contributed by atoms with Gasteiger partial charge in [-0.3, -0.25) is 57.5 Å². The minimum Gasteiger partial charge on any atom is -0.377 e. The molecule has 2 saturated heterocycles. The maximum absolute atomic E-state index is 15.8. The lowest BCUT2D eigenvalue weighted by atomic mass is 9.58. The highest BCUT2D eigenvalue weighted by Crippen LogP contribution is 2.50. The van der Waals surface area contributed by atoms with Crippen molar-refractivity contribution >= 4 is 70.9 Å². The summed E-state index contributed by atoms with van der Waals surface area (Å²) in [7, 11) is 9.68. The van der Waals surface area contributed by atoms with Crippen LogP contribution in [0.25, 0.3) is 0 Å². The van der Waals surface area contributed by atoms with Crippen molar-refractivity contribution in [2.45, 2.75) is 275 Å². The van der Waals surface area contributed by atoms with E-state index in [0.29, 0.717) is 32.1 Å². The Hall–Kier alpha value is -7.15. The third-order valence-corrected chi connectivity index (χ3v) is 24.6. The summed E-state index contributed by atoms with van der Waals surface area (Å²) >= 11 is 0. The van der Waals surface area contributed by atoms with Gasteiger partial charge in [-0.1, -0.05) is 73.0 Å². The minimum atomic E-state index is -5.21. The number of ether oxygens (including phenoxy) is 1. The highest BCUT2D eigenvalue weighted by Gasteiger charge is 2.60. The molecule has 4 aliphatic carbocycles. The highest BCUT2D eigenvalue weighted by molar-refractivity contribution is 6.01. The number of carbonyl (C=O) groups excluding carboxylic acids is 12. The van der Waals surface area contributed by atoms with Gasteiger partial charge in [-0.15, -0.1) is 0 Å². The Morgan fingerprint density at radius 3 is 1.85 bits per heavy atom. The van der Waals surface area contributed by atoms with Crippen molar-refractivity contribution in [1.29, 1.82) is 0 Å². The first-order chi connectivity index (χ1) is 51.5. The second-order valence-corrected chi connectivity index (χ2v) is 33.8. The topological polar surface area (TPSA) is 279 Å². The fourth-order valence-electron chi connectivity index (χ4n) is 18.0. The molecule has 110 heavy (non-hydrogen) atoms. The Morgan fingerprint density at radius 2 is 1.29 bits per heavy atom. The molecule has 12 atom stereocenters. The molecule has 32 heteroatoms. The van der Waals surface area contributed by atoms with Crippen LogP contribution in [0.4, 0.5) is 30.7 Å². The van der Waals surface area contributed by atoms with E-state index in [-0.39, 0.29) is 109 Å². The van der Waals surface area contributed by atoms with Crippen molar-refractivity contribution in [3.05, 3.63) is 12.2 Å². The Bertz CT molecular complexity index is 3280. The average molecular weight is 1570 g/mol. The van der Waals surface area contributed by atoms with Gasteiger partial charge in [0.15, 0.2) is 0 Å². The Kier molecular flexibility index (Phi) is 31.6. The van der Waals surface area contributed by atoms with Gasteiger partial charge in [0, 0.05) is 87.9 Å². The number of fused-ring (bicyclic) bond motifs is 3. The molecule has 12 amide bonds. The van der Waals surface area contributed by atoms with E-state index in [4.69, 9.17) is 4.74 Å². The van der Waals surface area contributed by atoms with Crippen LogP contribution in [0.2, 0.25) is 0 Å². The van der Waals surface area contributed by atoms with E-state index in [0.717, 1.165) is 24.5 Å². The first-order valence-electron chi connectivity index (χ1n) is 39.7. The standard InChI is InChI=1S/C78H123F7N12O13/c1-16-46(6)64-73(107)91(11)42-62(100)92(12)55-26-20-19-23-33-96(72(55)106)59(37-47-27-30-50(31-28-47)66(81)82)71(105)90(10)41-60(98)86-54(32-29-48-35-52(79)63(53(80)36-48)78(83,84)85)69(103)97-40-51(110-18-3)38-57(97)68(102)88-77(43-76(7,8)44-77)75(109)95(15)65(49-24-21-22-25-49)74(108)94(14)58(70(104)89(9)17-2)39-61(99)93(13)56(34-45(4)5)67(101)87-64/h19-20,45-59,63-66H,16-18,21-44H2,1-15H3,(H,86,98)(H,87,101)(H,88,102)/b20-19-/t46-,47?,48?,50?,51+,52?,53?,54-,55-,56-,57-,58-,59-,63?,64-,65-/m0/s1. The molecule has 0 radical (unpaired) electrons. The van der Waals surface area contributed by atoms with Gasteiger partial charge in [0.25, 0.3) is 0 Å². The van der Waals surface area contributed by atoms with Gasteiger partial charge in [0.05, 0.1) is 25.6 Å². The van der Waals surface area contributed by atoms with Gasteiger partial charge in [0.1, 0.15) is 72.1 Å². The van der Waals surface area contributed by atoms with Crippen LogP contribution < -0.4 is 16.0 Å². The molecule has 0 aromatic rings. The lowest BCUT2D eigenvalue weighted by Gasteiger charge is -2.54. The van der Waals surface area contributed by atoms with Gasteiger partial charge in [-0.25, -0.2) is 17.6 Å². The number of amides is 12. The number of halogens is 7. The third kappa shape index (κ3) is 21.8. The summed E-state index contributed by atoms with van der Waals surface area (Å²) in [4.78, 5) is 193. The van der Waals surface area contributed by atoms with Crippen LogP contribution in [-0.2, 0) is 62.3 Å². The van der Waals surface area contributed by atoms with E-state index < -0.39 is 236 Å². The summed E-state index contributed by atoms with van der Waals surface area (Å²) in [5, 5.41) is 8.56. The summed E-state index contributed by atoms with van der Waals surface area (Å²) in [6, 6.07) is -11.2. The first kappa shape index (κ1) is 90.0. The second kappa shape index (κ2) is 38.6. The molecule has 0 aromatic carbocycles. The van der Waals surface area contributed by atoms with Crippen molar-refractivity contribution < 1.29 is 93.0 Å².